The highest BCUT2D eigenvalue weighted by molar-refractivity contribution is 5.98. The Morgan fingerprint density at radius 3 is 2.06 bits per heavy atom. The van der Waals surface area contributed by atoms with Crippen LogP contribution in [0.25, 0.3) is 22.5 Å². The highest BCUT2D eigenvalue weighted by atomic mass is 19.1. The monoisotopic (exact) mass is 428 g/mol. The van der Waals surface area contributed by atoms with Crippen LogP contribution in [-0.2, 0) is 0 Å². The SMILES string of the molecule is COc1ccc(-c2cc(-c3ccc(C)cc3)nc(NC(=O)Nc3cccc(F)c3)n2)cc1. The van der Waals surface area contributed by atoms with Crippen molar-refractivity contribution in [3.63, 3.8) is 0 Å². The van der Waals surface area contributed by atoms with E-state index in [0.29, 0.717) is 17.1 Å². The number of hydrogen-bond acceptors (Lipinski definition) is 4. The Morgan fingerprint density at radius 1 is 0.844 bits per heavy atom. The molecule has 7 heteroatoms. The molecule has 0 bridgehead atoms. The zero-order valence-electron chi connectivity index (χ0n) is 17.6. The molecule has 0 fully saturated rings. The van der Waals surface area contributed by atoms with Gasteiger partial charge in [0.1, 0.15) is 11.6 Å². The number of ether oxygens (including phenoxy) is 1. The number of benzene rings is 3. The predicted octanol–water partition coefficient (Wildman–Crippen LogP) is 5.91. The highest BCUT2D eigenvalue weighted by Gasteiger charge is 2.12. The molecule has 3 aromatic carbocycles. The number of amides is 2. The molecule has 4 rings (SSSR count). The second-order valence-corrected chi connectivity index (χ2v) is 7.15. The van der Waals surface area contributed by atoms with Gasteiger partial charge in [-0.25, -0.2) is 19.2 Å². The van der Waals surface area contributed by atoms with Gasteiger partial charge in [0.05, 0.1) is 18.5 Å². The molecule has 0 aliphatic heterocycles. The van der Waals surface area contributed by atoms with Crippen molar-refractivity contribution in [3.8, 4) is 28.3 Å². The minimum absolute atomic E-state index is 0.128. The summed E-state index contributed by atoms with van der Waals surface area (Å²) in [5.41, 5.74) is 4.49. The van der Waals surface area contributed by atoms with Crippen molar-refractivity contribution in [2.75, 3.05) is 17.7 Å². The smallest absolute Gasteiger partial charge is 0.326 e. The average molecular weight is 428 g/mol. The lowest BCUT2D eigenvalue weighted by Gasteiger charge is -2.11. The molecule has 0 aliphatic carbocycles. The van der Waals surface area contributed by atoms with Crippen LogP contribution in [0.4, 0.5) is 20.8 Å². The molecule has 160 valence electrons. The number of aromatic nitrogens is 2. The minimum Gasteiger partial charge on any atom is -0.497 e. The highest BCUT2D eigenvalue weighted by Crippen LogP contribution is 2.27. The van der Waals surface area contributed by atoms with Crippen LogP contribution in [0.15, 0.2) is 78.9 Å². The number of urea groups is 1. The molecule has 0 radical (unpaired) electrons. The fourth-order valence-corrected chi connectivity index (χ4v) is 3.12. The molecule has 0 unspecified atom stereocenters. The van der Waals surface area contributed by atoms with Crippen LogP contribution in [-0.4, -0.2) is 23.1 Å². The summed E-state index contributed by atoms with van der Waals surface area (Å²) >= 11 is 0. The summed E-state index contributed by atoms with van der Waals surface area (Å²) in [5, 5.41) is 5.23. The molecule has 0 spiro atoms. The Balaban J connectivity index is 1.67. The van der Waals surface area contributed by atoms with Gasteiger partial charge < -0.3 is 10.1 Å². The summed E-state index contributed by atoms with van der Waals surface area (Å²) in [6, 6.07) is 22.3. The van der Waals surface area contributed by atoms with Crippen molar-refractivity contribution < 1.29 is 13.9 Å². The van der Waals surface area contributed by atoms with Gasteiger partial charge in [-0.15, -0.1) is 0 Å². The number of nitrogens with one attached hydrogen (secondary N) is 2. The molecule has 0 atom stereocenters. The summed E-state index contributed by atoms with van der Waals surface area (Å²) in [5.74, 6) is 0.416. The van der Waals surface area contributed by atoms with Gasteiger partial charge in [0.15, 0.2) is 0 Å². The number of methoxy groups -OCH3 is 1. The van der Waals surface area contributed by atoms with E-state index in [-0.39, 0.29) is 5.95 Å². The molecule has 0 saturated heterocycles. The van der Waals surface area contributed by atoms with E-state index in [1.54, 1.807) is 13.2 Å². The fourth-order valence-electron chi connectivity index (χ4n) is 3.12. The van der Waals surface area contributed by atoms with Gasteiger partial charge in [0.25, 0.3) is 0 Å². The van der Waals surface area contributed by atoms with Crippen LogP contribution in [0.3, 0.4) is 0 Å². The molecule has 1 aromatic heterocycles. The number of halogens is 1. The van der Waals surface area contributed by atoms with Gasteiger partial charge >= 0.3 is 6.03 Å². The Morgan fingerprint density at radius 2 is 1.47 bits per heavy atom. The molecule has 4 aromatic rings. The summed E-state index contributed by atoms with van der Waals surface area (Å²) in [4.78, 5) is 21.5. The van der Waals surface area contributed by atoms with Crippen LogP contribution in [0, 0.1) is 12.7 Å². The Labute approximate surface area is 185 Å². The number of carbonyl (C=O) groups is 1. The number of carbonyl (C=O) groups excluding carboxylic acids is 1. The third kappa shape index (κ3) is 5.07. The first kappa shape index (κ1) is 21.0. The van der Waals surface area contributed by atoms with E-state index in [9.17, 15) is 9.18 Å². The first-order valence-corrected chi connectivity index (χ1v) is 9.94. The van der Waals surface area contributed by atoms with Crippen molar-refractivity contribution in [3.05, 3.63) is 90.2 Å². The van der Waals surface area contributed by atoms with E-state index in [1.807, 2.05) is 61.5 Å². The van der Waals surface area contributed by atoms with E-state index >= 15 is 0 Å². The normalized spacial score (nSPS) is 10.5. The number of aryl methyl sites for hydroxylation is 1. The quantitative estimate of drug-likeness (QED) is 0.414. The third-order valence-electron chi connectivity index (χ3n) is 4.77. The fraction of sp³-hybridized carbons (Fsp3) is 0.0800. The van der Waals surface area contributed by atoms with Gasteiger partial charge in [0, 0.05) is 16.8 Å². The lowest BCUT2D eigenvalue weighted by atomic mass is 10.1. The molecular formula is C25H21FN4O2. The maximum absolute atomic E-state index is 13.4. The van der Waals surface area contributed by atoms with Crippen LogP contribution < -0.4 is 15.4 Å². The third-order valence-corrected chi connectivity index (χ3v) is 4.77. The molecule has 6 nitrogen and oxygen atoms in total. The lowest BCUT2D eigenvalue weighted by Crippen LogP contribution is -2.21. The van der Waals surface area contributed by atoms with Crippen LogP contribution in [0.1, 0.15) is 5.56 Å². The van der Waals surface area contributed by atoms with E-state index < -0.39 is 11.8 Å². The number of hydrogen-bond donors (Lipinski definition) is 2. The molecule has 2 N–H and O–H groups in total. The second kappa shape index (κ2) is 9.26. The molecule has 0 saturated carbocycles. The molecule has 1 heterocycles. The molecule has 2 amide bonds. The van der Waals surface area contributed by atoms with Gasteiger partial charge in [-0.05, 0) is 55.5 Å². The maximum atomic E-state index is 13.4. The summed E-state index contributed by atoms with van der Waals surface area (Å²) in [6.07, 6.45) is 0. The maximum Gasteiger partial charge on any atom is 0.326 e. The predicted molar refractivity (Wildman–Crippen MR) is 123 cm³/mol. The number of nitrogens with zero attached hydrogens (tertiary/aromatic N) is 2. The van der Waals surface area contributed by atoms with E-state index in [2.05, 4.69) is 20.6 Å². The van der Waals surface area contributed by atoms with Crippen molar-refractivity contribution in [1.82, 2.24) is 9.97 Å². The number of anilines is 2. The summed E-state index contributed by atoms with van der Waals surface area (Å²) in [7, 11) is 1.61. The van der Waals surface area contributed by atoms with Crippen LogP contribution >= 0.6 is 0 Å². The largest absolute Gasteiger partial charge is 0.497 e. The zero-order valence-corrected chi connectivity index (χ0v) is 17.6. The first-order chi connectivity index (χ1) is 15.5. The molecule has 0 aliphatic rings. The van der Waals surface area contributed by atoms with Crippen molar-refractivity contribution in [2.24, 2.45) is 0 Å². The van der Waals surface area contributed by atoms with Crippen molar-refractivity contribution >= 4 is 17.7 Å². The van der Waals surface area contributed by atoms with Gasteiger partial charge in [-0.2, -0.15) is 0 Å². The standard InChI is InChI=1S/C25H21FN4O2/c1-16-6-8-17(9-7-16)22-15-23(18-10-12-21(32-2)13-11-18)29-24(28-22)30-25(31)27-20-5-3-4-19(26)14-20/h3-15H,1-2H3,(H2,27,28,29,30,31). The first-order valence-electron chi connectivity index (χ1n) is 9.94. The van der Waals surface area contributed by atoms with E-state index in [0.717, 1.165) is 22.4 Å². The van der Waals surface area contributed by atoms with Crippen molar-refractivity contribution in [2.45, 2.75) is 6.92 Å². The van der Waals surface area contributed by atoms with Crippen LogP contribution in [0.2, 0.25) is 0 Å². The van der Waals surface area contributed by atoms with Crippen molar-refractivity contribution in [1.29, 1.82) is 0 Å². The Bertz CT molecular complexity index is 1240. The summed E-state index contributed by atoms with van der Waals surface area (Å²) in [6.45, 7) is 2.01. The Hall–Kier alpha value is -4.26. The second-order valence-electron chi connectivity index (χ2n) is 7.15. The minimum atomic E-state index is -0.572. The average Bonchev–Trinajstić information content (AvgIpc) is 2.79. The molecular weight excluding hydrogens is 407 g/mol. The number of rotatable bonds is 5. The Kier molecular flexibility index (Phi) is 6.07. The van der Waals surface area contributed by atoms with Gasteiger partial charge in [0.2, 0.25) is 5.95 Å². The lowest BCUT2D eigenvalue weighted by molar-refractivity contribution is 0.262. The zero-order chi connectivity index (χ0) is 22.5. The van der Waals surface area contributed by atoms with E-state index in [1.165, 1.54) is 18.2 Å². The topological polar surface area (TPSA) is 76.1 Å². The van der Waals surface area contributed by atoms with Crippen LogP contribution in [0.5, 0.6) is 5.75 Å². The molecule has 32 heavy (non-hydrogen) atoms. The van der Waals surface area contributed by atoms with Gasteiger partial charge in [-0.3, -0.25) is 5.32 Å². The summed E-state index contributed by atoms with van der Waals surface area (Å²) < 4.78 is 18.6. The van der Waals surface area contributed by atoms with E-state index in [4.69, 9.17) is 4.74 Å². The van der Waals surface area contributed by atoms with Gasteiger partial charge in [-0.1, -0.05) is 35.9 Å².